The van der Waals surface area contributed by atoms with Crippen molar-refractivity contribution in [1.82, 2.24) is 20.3 Å². The van der Waals surface area contributed by atoms with Crippen LogP contribution in [0.5, 0.6) is 0 Å². The quantitative estimate of drug-likeness (QED) is 0.317. The number of nitrogens with one attached hydrogen (secondary N) is 1. The van der Waals surface area contributed by atoms with Crippen LogP contribution in [-0.4, -0.2) is 26.4 Å². The Labute approximate surface area is 223 Å². The lowest BCUT2D eigenvalue weighted by Gasteiger charge is -2.70. The van der Waals surface area contributed by atoms with Crippen molar-refractivity contribution in [2.24, 2.45) is 17.8 Å². The van der Waals surface area contributed by atoms with Gasteiger partial charge in [-0.3, -0.25) is 14.5 Å². The summed E-state index contributed by atoms with van der Waals surface area (Å²) < 4.78 is 17.0. The SMILES string of the molecule is O=c1[nH]c(-c2ccc(C34C[C@H]5C[C@@H](OCc6c(-c7ccccc7Cl)noc6C6CC6)C[C@@H](C3)C54)nc2)no1. The number of aromatic amines is 1. The van der Waals surface area contributed by atoms with E-state index in [0.29, 0.717) is 41.1 Å². The largest absolute Gasteiger partial charge is 0.439 e. The second-order valence-corrected chi connectivity index (χ2v) is 11.9. The molecule has 4 aliphatic rings. The predicted molar refractivity (Wildman–Crippen MR) is 138 cm³/mol. The van der Waals surface area contributed by atoms with Gasteiger partial charge in [0.2, 0.25) is 0 Å². The Kier molecular flexibility index (Phi) is 5.01. The van der Waals surface area contributed by atoms with Crippen LogP contribution in [0.1, 0.15) is 61.5 Å². The molecule has 8 nitrogen and oxygen atoms in total. The molecule has 4 aliphatic carbocycles. The third-order valence-corrected chi connectivity index (χ3v) is 9.71. The molecule has 0 bridgehead atoms. The first-order chi connectivity index (χ1) is 18.6. The molecule has 5 atom stereocenters. The molecule has 3 heterocycles. The summed E-state index contributed by atoms with van der Waals surface area (Å²) in [6.07, 6.45) is 8.83. The van der Waals surface area contributed by atoms with Gasteiger partial charge in [-0.25, -0.2) is 4.79 Å². The first-order valence-electron chi connectivity index (χ1n) is 13.5. The van der Waals surface area contributed by atoms with Gasteiger partial charge in [-0.05, 0) is 74.5 Å². The van der Waals surface area contributed by atoms with Gasteiger partial charge in [-0.15, -0.1) is 0 Å². The van der Waals surface area contributed by atoms with Gasteiger partial charge in [0.15, 0.2) is 5.82 Å². The van der Waals surface area contributed by atoms with E-state index in [1.54, 1.807) is 6.20 Å². The highest BCUT2D eigenvalue weighted by molar-refractivity contribution is 6.33. The molecule has 0 aliphatic heterocycles. The standard InChI is InChI=1S/C29H27ClN4O4/c30-22-4-2-1-3-20(22)25-21(26(37-33-25)15-5-6-15)14-36-19-9-17-11-29(12-18(10-19)24(17)29)23-8-7-16(13-31-23)27-32-28(35)38-34-27/h1-4,7-8,13,15,17-19,24H,5-6,9-12,14H2,(H,32,34,35)/t17-,18+,19-,24?,29?. The van der Waals surface area contributed by atoms with Crippen LogP contribution in [0.25, 0.3) is 22.6 Å². The molecule has 0 spiro atoms. The average Bonchev–Trinajstić information content (AvgIpc) is 3.51. The summed E-state index contributed by atoms with van der Waals surface area (Å²) in [5.74, 6) is 3.32. The maximum absolute atomic E-state index is 11.3. The number of hydrogen-bond acceptors (Lipinski definition) is 7. The Bertz CT molecular complexity index is 1550. The number of nitrogens with zero attached hydrogens (tertiary/aromatic N) is 3. The van der Waals surface area contributed by atoms with Gasteiger partial charge >= 0.3 is 5.76 Å². The monoisotopic (exact) mass is 530 g/mol. The van der Waals surface area contributed by atoms with Crippen LogP contribution in [-0.2, 0) is 16.8 Å². The number of H-pyrrole nitrogens is 1. The molecule has 0 radical (unpaired) electrons. The molecule has 1 aromatic carbocycles. The lowest BCUT2D eigenvalue weighted by molar-refractivity contribution is -0.190. The highest BCUT2D eigenvalue weighted by Crippen LogP contribution is 2.71. The number of rotatable bonds is 7. The Hall–Kier alpha value is -3.23. The van der Waals surface area contributed by atoms with Gasteiger partial charge in [-0.1, -0.05) is 40.1 Å². The lowest BCUT2D eigenvalue weighted by atomic mass is 9.34. The molecule has 1 N–H and O–H groups in total. The first-order valence-corrected chi connectivity index (χ1v) is 13.8. The van der Waals surface area contributed by atoms with Gasteiger partial charge in [-0.2, -0.15) is 0 Å². The zero-order valence-corrected chi connectivity index (χ0v) is 21.5. The Morgan fingerprint density at radius 1 is 1.05 bits per heavy atom. The average molecular weight is 531 g/mol. The van der Waals surface area contributed by atoms with Gasteiger partial charge < -0.3 is 9.26 Å². The van der Waals surface area contributed by atoms with E-state index in [2.05, 4.69) is 25.9 Å². The van der Waals surface area contributed by atoms with Gasteiger partial charge in [0.05, 0.1) is 17.7 Å². The predicted octanol–water partition coefficient (Wildman–Crippen LogP) is 5.88. The molecule has 9 heteroatoms. The van der Waals surface area contributed by atoms with Crippen LogP contribution < -0.4 is 5.76 Å². The van der Waals surface area contributed by atoms with Crippen LogP contribution in [0.15, 0.2) is 56.4 Å². The number of benzene rings is 1. The maximum atomic E-state index is 11.3. The lowest BCUT2D eigenvalue weighted by Crippen LogP contribution is -2.67. The van der Waals surface area contributed by atoms with Crippen molar-refractivity contribution in [3.63, 3.8) is 0 Å². The fourth-order valence-corrected chi connectivity index (χ4v) is 7.86. The van der Waals surface area contributed by atoms with E-state index < -0.39 is 5.76 Å². The second kappa shape index (κ2) is 8.38. The van der Waals surface area contributed by atoms with Gasteiger partial charge in [0.25, 0.3) is 0 Å². The van der Waals surface area contributed by atoms with Crippen LogP contribution in [0.3, 0.4) is 0 Å². The number of ether oxygens (including phenoxy) is 1. The van der Waals surface area contributed by atoms with Crippen molar-refractivity contribution < 1.29 is 13.8 Å². The highest BCUT2D eigenvalue weighted by Gasteiger charge is 2.68. The van der Waals surface area contributed by atoms with E-state index in [-0.39, 0.29) is 11.5 Å². The van der Waals surface area contributed by atoms with Crippen molar-refractivity contribution in [2.45, 2.75) is 62.6 Å². The van der Waals surface area contributed by atoms with Crippen molar-refractivity contribution in [1.29, 1.82) is 0 Å². The minimum absolute atomic E-state index is 0.195. The van der Waals surface area contributed by atoms with Crippen molar-refractivity contribution in [2.75, 3.05) is 0 Å². The van der Waals surface area contributed by atoms with Crippen LogP contribution >= 0.6 is 11.6 Å². The number of pyridine rings is 1. The van der Waals surface area contributed by atoms with Crippen molar-refractivity contribution in [3.05, 3.63) is 75.2 Å². The second-order valence-electron chi connectivity index (χ2n) is 11.5. The topological polar surface area (TPSA) is 107 Å². The number of halogens is 1. The Morgan fingerprint density at radius 3 is 2.55 bits per heavy atom. The Morgan fingerprint density at radius 2 is 1.87 bits per heavy atom. The number of aromatic nitrogens is 4. The molecule has 38 heavy (non-hydrogen) atoms. The fraction of sp³-hybridized carbons (Fsp3) is 0.448. The number of hydrogen-bond donors (Lipinski definition) is 1. The molecule has 0 saturated heterocycles. The summed E-state index contributed by atoms with van der Waals surface area (Å²) in [4.78, 5) is 18.6. The van der Waals surface area contributed by atoms with Gasteiger partial charge in [0.1, 0.15) is 11.5 Å². The summed E-state index contributed by atoms with van der Waals surface area (Å²) >= 11 is 6.51. The normalized spacial score (nSPS) is 29.4. The van der Waals surface area contributed by atoms with Crippen LogP contribution in [0.2, 0.25) is 5.02 Å². The summed E-state index contributed by atoms with van der Waals surface area (Å²) in [5.41, 5.74) is 4.91. The minimum atomic E-state index is -0.557. The molecule has 4 aromatic rings. The van der Waals surface area contributed by atoms with E-state index in [9.17, 15) is 4.79 Å². The van der Waals surface area contributed by atoms with Crippen LogP contribution in [0.4, 0.5) is 0 Å². The summed E-state index contributed by atoms with van der Waals surface area (Å²) in [6.45, 7) is 0.517. The molecular weight excluding hydrogens is 504 g/mol. The smallest absolute Gasteiger partial charge is 0.373 e. The molecule has 194 valence electrons. The first kappa shape index (κ1) is 22.7. The van der Waals surface area contributed by atoms with Crippen molar-refractivity contribution >= 4 is 11.6 Å². The molecular formula is C29H27ClN4O4. The van der Waals surface area contributed by atoms with E-state index in [0.717, 1.165) is 72.4 Å². The minimum Gasteiger partial charge on any atom is -0.373 e. The molecule has 8 rings (SSSR count). The van der Waals surface area contributed by atoms with E-state index >= 15 is 0 Å². The third kappa shape index (κ3) is 3.46. The zero-order valence-electron chi connectivity index (χ0n) is 20.7. The van der Waals surface area contributed by atoms with E-state index in [1.807, 2.05) is 30.3 Å². The fourth-order valence-electron chi connectivity index (χ4n) is 7.64. The van der Waals surface area contributed by atoms with E-state index in [1.165, 1.54) is 0 Å². The summed E-state index contributed by atoms with van der Waals surface area (Å²) in [7, 11) is 0. The van der Waals surface area contributed by atoms with Crippen LogP contribution in [0, 0.1) is 17.8 Å². The van der Waals surface area contributed by atoms with Crippen molar-refractivity contribution in [3.8, 4) is 22.6 Å². The summed E-state index contributed by atoms with van der Waals surface area (Å²) in [5, 5.41) is 8.87. The molecule has 3 aromatic heterocycles. The van der Waals surface area contributed by atoms with E-state index in [4.69, 9.17) is 25.8 Å². The molecule has 4 fully saturated rings. The molecule has 4 saturated carbocycles. The molecule has 0 amide bonds. The molecule has 2 unspecified atom stereocenters. The maximum Gasteiger partial charge on any atom is 0.439 e. The third-order valence-electron chi connectivity index (χ3n) is 9.38. The zero-order chi connectivity index (χ0) is 25.4. The Balaban J connectivity index is 0.958. The summed E-state index contributed by atoms with van der Waals surface area (Å²) in [6, 6.07) is 11.9. The van der Waals surface area contributed by atoms with Gasteiger partial charge in [0, 0.05) is 39.9 Å². The highest BCUT2D eigenvalue weighted by atomic mass is 35.5.